The number of halogens is 1. The maximum atomic E-state index is 12.6. The van der Waals surface area contributed by atoms with Crippen LogP contribution >= 0.6 is 11.6 Å². The van der Waals surface area contributed by atoms with Gasteiger partial charge >= 0.3 is 0 Å². The van der Waals surface area contributed by atoms with Gasteiger partial charge in [-0.1, -0.05) is 18.0 Å². The first kappa shape index (κ1) is 13.5. The predicted octanol–water partition coefficient (Wildman–Crippen LogP) is 3.70. The van der Waals surface area contributed by atoms with E-state index in [1.54, 1.807) is 29.1 Å². The van der Waals surface area contributed by atoms with Crippen LogP contribution in [0.5, 0.6) is 0 Å². The zero-order valence-electron chi connectivity index (χ0n) is 12.0. The highest BCUT2D eigenvalue weighted by Gasteiger charge is 2.44. The highest BCUT2D eigenvalue weighted by molar-refractivity contribution is 6.31. The molecule has 4 nitrogen and oxygen atoms in total. The molecule has 1 aromatic heterocycles. The number of Topliss-reactive ketones (excluding diaryl/α,β-unsaturated/α-hetero) is 1. The Labute approximate surface area is 133 Å². The van der Waals surface area contributed by atoms with Crippen LogP contribution in [0.25, 0.3) is 5.69 Å². The molecule has 0 amide bonds. The Balaban J connectivity index is 1.78. The van der Waals surface area contributed by atoms with Crippen LogP contribution in [0.15, 0.2) is 24.5 Å². The van der Waals surface area contributed by atoms with Crippen molar-refractivity contribution >= 4 is 17.4 Å². The second-order valence-electron chi connectivity index (χ2n) is 6.32. The van der Waals surface area contributed by atoms with Crippen molar-refractivity contribution in [3.05, 3.63) is 46.5 Å². The van der Waals surface area contributed by atoms with Gasteiger partial charge in [0.15, 0.2) is 5.78 Å². The first-order valence-corrected chi connectivity index (χ1v) is 7.79. The lowest BCUT2D eigenvalue weighted by Gasteiger charge is -2.43. The molecule has 2 aliphatic carbocycles. The van der Waals surface area contributed by atoms with E-state index < -0.39 is 0 Å². The maximum Gasteiger partial charge on any atom is 0.182 e. The van der Waals surface area contributed by atoms with Gasteiger partial charge in [-0.15, -0.1) is 0 Å². The van der Waals surface area contributed by atoms with Crippen molar-refractivity contribution in [1.29, 1.82) is 5.26 Å². The molecule has 0 bridgehead atoms. The molecule has 0 radical (unpaired) electrons. The largest absolute Gasteiger partial charge is 0.296 e. The zero-order chi connectivity index (χ0) is 15.3. The third kappa shape index (κ3) is 1.89. The molecule has 2 aliphatic rings. The van der Waals surface area contributed by atoms with Crippen molar-refractivity contribution < 1.29 is 4.79 Å². The first-order chi connectivity index (χ1) is 10.6. The summed E-state index contributed by atoms with van der Waals surface area (Å²) in [4.78, 5) is 17.1. The van der Waals surface area contributed by atoms with Crippen LogP contribution in [0.3, 0.4) is 0 Å². The average molecular weight is 312 g/mol. The summed E-state index contributed by atoms with van der Waals surface area (Å²) >= 11 is 6.10. The number of hydrogen-bond donors (Lipinski definition) is 0. The van der Waals surface area contributed by atoms with E-state index in [1.165, 1.54) is 6.42 Å². The van der Waals surface area contributed by atoms with Gasteiger partial charge in [-0.3, -0.25) is 9.36 Å². The number of nitrogens with zero attached hydrogens (tertiary/aromatic N) is 3. The molecule has 0 saturated heterocycles. The molecule has 0 atom stereocenters. The second-order valence-corrected chi connectivity index (χ2v) is 6.72. The van der Waals surface area contributed by atoms with Gasteiger partial charge in [0.25, 0.3) is 0 Å². The van der Waals surface area contributed by atoms with Gasteiger partial charge in [0.2, 0.25) is 0 Å². The Bertz CT molecular complexity index is 827. The Morgan fingerprint density at radius 1 is 1.32 bits per heavy atom. The maximum absolute atomic E-state index is 12.6. The van der Waals surface area contributed by atoms with Gasteiger partial charge < -0.3 is 0 Å². The first-order valence-electron chi connectivity index (χ1n) is 7.41. The predicted molar refractivity (Wildman–Crippen MR) is 82.2 cm³/mol. The van der Waals surface area contributed by atoms with Gasteiger partial charge in [0.05, 0.1) is 16.3 Å². The Kier molecular flexibility index (Phi) is 2.88. The van der Waals surface area contributed by atoms with E-state index in [4.69, 9.17) is 16.9 Å². The molecule has 0 aliphatic heterocycles. The SMILES string of the molecule is N#Cc1ccc(-n2cnc3c2C(=O)CC2(CCC2)C3)cc1Cl. The van der Waals surface area contributed by atoms with Gasteiger partial charge in [-0.05, 0) is 42.9 Å². The summed E-state index contributed by atoms with van der Waals surface area (Å²) in [5, 5.41) is 9.35. The summed E-state index contributed by atoms with van der Waals surface area (Å²) in [6.45, 7) is 0. The van der Waals surface area contributed by atoms with Crippen molar-refractivity contribution in [3.63, 3.8) is 0 Å². The van der Waals surface area contributed by atoms with E-state index in [1.807, 2.05) is 6.07 Å². The Morgan fingerprint density at radius 2 is 2.14 bits per heavy atom. The van der Waals surface area contributed by atoms with Crippen LogP contribution in [-0.4, -0.2) is 15.3 Å². The molecule has 22 heavy (non-hydrogen) atoms. The monoisotopic (exact) mass is 311 g/mol. The Morgan fingerprint density at radius 3 is 2.77 bits per heavy atom. The molecule has 4 rings (SSSR count). The molecule has 1 fully saturated rings. The van der Waals surface area contributed by atoms with Crippen molar-refractivity contribution in [3.8, 4) is 11.8 Å². The zero-order valence-corrected chi connectivity index (χ0v) is 12.7. The van der Waals surface area contributed by atoms with Crippen molar-refractivity contribution in [2.24, 2.45) is 5.41 Å². The molecule has 1 heterocycles. The standard InChI is InChI=1S/C17H14ClN3O/c18-13-6-12(3-2-11(13)9-19)21-10-20-14-7-17(4-1-5-17)8-15(22)16(14)21/h2-3,6,10H,1,4-5,7-8H2. The fourth-order valence-electron chi connectivity index (χ4n) is 3.62. The second kappa shape index (κ2) is 4.69. The highest BCUT2D eigenvalue weighted by atomic mass is 35.5. The lowest BCUT2D eigenvalue weighted by atomic mass is 9.61. The molecule has 5 heteroatoms. The number of carbonyl (C=O) groups is 1. The van der Waals surface area contributed by atoms with Crippen molar-refractivity contribution in [2.45, 2.75) is 32.1 Å². The number of carbonyl (C=O) groups excluding carboxylic acids is 1. The number of nitriles is 1. The number of aromatic nitrogens is 2. The number of hydrogen-bond acceptors (Lipinski definition) is 3. The molecule has 1 spiro atoms. The summed E-state index contributed by atoms with van der Waals surface area (Å²) in [7, 11) is 0. The number of imidazole rings is 1. The number of benzene rings is 1. The summed E-state index contributed by atoms with van der Waals surface area (Å²) in [5.74, 6) is 0.166. The smallest absolute Gasteiger partial charge is 0.182 e. The minimum atomic E-state index is 0.166. The van der Waals surface area contributed by atoms with Crippen LogP contribution in [-0.2, 0) is 6.42 Å². The van der Waals surface area contributed by atoms with E-state index in [0.29, 0.717) is 22.7 Å². The lowest BCUT2D eigenvalue weighted by molar-refractivity contribution is 0.0699. The molecular weight excluding hydrogens is 298 g/mol. The number of rotatable bonds is 1. The summed E-state index contributed by atoms with van der Waals surface area (Å²) in [6.07, 6.45) is 6.69. The molecule has 0 unspecified atom stereocenters. The van der Waals surface area contributed by atoms with E-state index in [9.17, 15) is 4.79 Å². The molecule has 2 aromatic rings. The summed E-state index contributed by atoms with van der Waals surface area (Å²) in [6, 6.07) is 7.22. The van der Waals surface area contributed by atoms with Gasteiger partial charge in [-0.25, -0.2) is 4.98 Å². The van der Waals surface area contributed by atoms with E-state index in [2.05, 4.69) is 4.98 Å². The minimum Gasteiger partial charge on any atom is -0.296 e. The van der Waals surface area contributed by atoms with Gasteiger partial charge in [0.1, 0.15) is 18.1 Å². The van der Waals surface area contributed by atoms with Crippen LogP contribution in [0.1, 0.15) is 47.4 Å². The van der Waals surface area contributed by atoms with Crippen LogP contribution < -0.4 is 0 Å². The topological polar surface area (TPSA) is 58.7 Å². The third-order valence-corrected chi connectivity index (χ3v) is 5.26. The quantitative estimate of drug-likeness (QED) is 0.807. The average Bonchev–Trinajstić information content (AvgIpc) is 2.89. The molecule has 1 aromatic carbocycles. The van der Waals surface area contributed by atoms with Crippen molar-refractivity contribution in [2.75, 3.05) is 0 Å². The minimum absolute atomic E-state index is 0.166. The lowest BCUT2D eigenvalue weighted by Crippen LogP contribution is -2.38. The van der Waals surface area contributed by atoms with Gasteiger partial charge in [0, 0.05) is 12.1 Å². The highest BCUT2D eigenvalue weighted by Crippen LogP contribution is 2.50. The summed E-state index contributed by atoms with van der Waals surface area (Å²) in [5.41, 5.74) is 2.95. The third-order valence-electron chi connectivity index (χ3n) is 4.95. The normalized spacial score (nSPS) is 18.6. The number of ketones is 1. The molecular formula is C17H14ClN3O. The van der Waals surface area contributed by atoms with E-state index in [0.717, 1.165) is 30.6 Å². The Hall–Kier alpha value is -2.12. The molecule has 110 valence electrons. The molecule has 1 saturated carbocycles. The number of fused-ring (bicyclic) bond motifs is 1. The van der Waals surface area contributed by atoms with Crippen LogP contribution in [0.2, 0.25) is 5.02 Å². The molecule has 0 N–H and O–H groups in total. The fourth-order valence-corrected chi connectivity index (χ4v) is 3.84. The fraction of sp³-hybridized carbons (Fsp3) is 0.353. The summed E-state index contributed by atoms with van der Waals surface area (Å²) < 4.78 is 1.80. The van der Waals surface area contributed by atoms with Gasteiger partial charge in [-0.2, -0.15) is 5.26 Å². The van der Waals surface area contributed by atoms with Crippen LogP contribution in [0.4, 0.5) is 0 Å². The van der Waals surface area contributed by atoms with E-state index >= 15 is 0 Å². The van der Waals surface area contributed by atoms with Crippen molar-refractivity contribution in [1.82, 2.24) is 9.55 Å². The van der Waals surface area contributed by atoms with Crippen LogP contribution in [0, 0.1) is 16.7 Å². The van der Waals surface area contributed by atoms with E-state index in [-0.39, 0.29) is 11.2 Å².